The van der Waals surface area contributed by atoms with Gasteiger partial charge in [0.1, 0.15) is 0 Å². The lowest BCUT2D eigenvalue weighted by Crippen LogP contribution is -2.21. The van der Waals surface area contributed by atoms with Crippen molar-refractivity contribution in [1.29, 1.82) is 0 Å². The molecule has 1 aromatic carbocycles. The maximum Gasteiger partial charge on any atom is 0.0700 e. The summed E-state index contributed by atoms with van der Waals surface area (Å²) in [6.07, 6.45) is 1.02. The van der Waals surface area contributed by atoms with Crippen molar-refractivity contribution in [2.45, 2.75) is 19.4 Å². The average Bonchev–Trinajstić information content (AvgIpc) is 2.37. The number of nitrogens with one attached hydrogen (secondary N) is 1. The van der Waals surface area contributed by atoms with Crippen LogP contribution in [0.1, 0.15) is 24.9 Å². The topological polar surface area (TPSA) is 30.5 Å². The van der Waals surface area contributed by atoms with Crippen molar-refractivity contribution in [3.8, 4) is 0 Å². The molecule has 102 valence electrons. The number of hydrogen-bond donors (Lipinski definition) is 1. The predicted molar refractivity (Wildman–Crippen MR) is 77.9 cm³/mol. The fraction of sp³-hybridized carbons (Fsp3) is 0.571. The van der Waals surface area contributed by atoms with E-state index in [4.69, 9.17) is 9.47 Å². The lowest BCUT2D eigenvalue weighted by Gasteiger charge is -2.14. The van der Waals surface area contributed by atoms with Crippen molar-refractivity contribution in [3.05, 3.63) is 34.3 Å². The lowest BCUT2D eigenvalue weighted by molar-refractivity contribution is 0.0693. The molecule has 1 atom stereocenters. The lowest BCUT2D eigenvalue weighted by atomic mass is 10.1. The second-order valence-corrected chi connectivity index (χ2v) is 5.11. The van der Waals surface area contributed by atoms with Crippen LogP contribution in [0.3, 0.4) is 0 Å². The molecule has 18 heavy (non-hydrogen) atoms. The SMILES string of the molecule is COCCOCCCNC(C)c1cccc(Br)c1. The monoisotopic (exact) mass is 315 g/mol. The van der Waals surface area contributed by atoms with Crippen LogP contribution >= 0.6 is 15.9 Å². The average molecular weight is 316 g/mol. The van der Waals surface area contributed by atoms with Gasteiger partial charge in [0, 0.05) is 24.2 Å². The highest BCUT2D eigenvalue weighted by Gasteiger charge is 2.04. The third-order valence-electron chi connectivity index (χ3n) is 2.70. The van der Waals surface area contributed by atoms with Crippen LogP contribution in [0.2, 0.25) is 0 Å². The molecule has 4 heteroatoms. The first-order valence-electron chi connectivity index (χ1n) is 6.29. The third-order valence-corrected chi connectivity index (χ3v) is 3.19. The number of rotatable bonds is 9. The van der Waals surface area contributed by atoms with Crippen LogP contribution < -0.4 is 5.32 Å². The number of halogens is 1. The standard InChI is InChI=1S/C14H22BrNO2/c1-12(13-5-3-6-14(15)11-13)16-7-4-8-18-10-9-17-2/h3,5-6,11-12,16H,4,7-10H2,1-2H3. The fourth-order valence-corrected chi connectivity index (χ4v) is 2.05. The normalized spacial score (nSPS) is 12.6. The Morgan fingerprint density at radius 1 is 1.28 bits per heavy atom. The van der Waals surface area contributed by atoms with Gasteiger partial charge in [0.05, 0.1) is 13.2 Å². The molecule has 0 radical (unpaired) electrons. The molecule has 3 nitrogen and oxygen atoms in total. The number of methoxy groups -OCH3 is 1. The minimum atomic E-state index is 0.362. The summed E-state index contributed by atoms with van der Waals surface area (Å²) in [6.45, 7) is 5.26. The van der Waals surface area contributed by atoms with E-state index in [1.54, 1.807) is 7.11 Å². The fourth-order valence-electron chi connectivity index (χ4n) is 1.63. The Morgan fingerprint density at radius 3 is 2.83 bits per heavy atom. The summed E-state index contributed by atoms with van der Waals surface area (Å²) in [6, 6.07) is 8.75. The zero-order valence-electron chi connectivity index (χ0n) is 11.1. The first-order valence-corrected chi connectivity index (χ1v) is 7.09. The maximum absolute atomic E-state index is 5.41. The van der Waals surface area contributed by atoms with Gasteiger partial charge < -0.3 is 14.8 Å². The number of ether oxygens (including phenoxy) is 2. The molecule has 0 aliphatic carbocycles. The van der Waals surface area contributed by atoms with Gasteiger partial charge in [-0.1, -0.05) is 28.1 Å². The highest BCUT2D eigenvalue weighted by molar-refractivity contribution is 9.10. The Morgan fingerprint density at radius 2 is 2.11 bits per heavy atom. The van der Waals surface area contributed by atoms with E-state index in [1.165, 1.54) is 5.56 Å². The Labute approximate surface area is 118 Å². The van der Waals surface area contributed by atoms with E-state index < -0.39 is 0 Å². The molecule has 0 heterocycles. The van der Waals surface area contributed by atoms with Crippen molar-refractivity contribution in [2.75, 3.05) is 33.5 Å². The van der Waals surface area contributed by atoms with E-state index in [9.17, 15) is 0 Å². The molecule has 0 aliphatic rings. The van der Waals surface area contributed by atoms with Crippen LogP contribution in [0, 0.1) is 0 Å². The van der Waals surface area contributed by atoms with Crippen molar-refractivity contribution in [3.63, 3.8) is 0 Å². The van der Waals surface area contributed by atoms with E-state index >= 15 is 0 Å². The molecule has 0 fully saturated rings. The van der Waals surface area contributed by atoms with Gasteiger partial charge >= 0.3 is 0 Å². The van der Waals surface area contributed by atoms with Crippen molar-refractivity contribution in [2.24, 2.45) is 0 Å². The van der Waals surface area contributed by atoms with Gasteiger partial charge in [0.2, 0.25) is 0 Å². The van der Waals surface area contributed by atoms with Gasteiger partial charge in [0.25, 0.3) is 0 Å². The molecule has 0 bridgehead atoms. The molecular formula is C14H22BrNO2. The number of hydrogen-bond acceptors (Lipinski definition) is 3. The molecule has 0 aromatic heterocycles. The number of benzene rings is 1. The van der Waals surface area contributed by atoms with E-state index in [-0.39, 0.29) is 0 Å². The van der Waals surface area contributed by atoms with Crippen LogP contribution in [0.15, 0.2) is 28.7 Å². The maximum atomic E-state index is 5.41. The molecule has 1 N–H and O–H groups in total. The molecule has 0 aliphatic heterocycles. The smallest absolute Gasteiger partial charge is 0.0700 e. The molecule has 1 rings (SSSR count). The summed E-state index contributed by atoms with van der Waals surface area (Å²) in [5, 5.41) is 3.48. The van der Waals surface area contributed by atoms with Gasteiger partial charge in [-0.3, -0.25) is 0 Å². The summed E-state index contributed by atoms with van der Waals surface area (Å²) in [5.74, 6) is 0. The predicted octanol–water partition coefficient (Wildman–Crippen LogP) is 3.15. The van der Waals surface area contributed by atoms with E-state index in [2.05, 4.69) is 46.4 Å². The zero-order chi connectivity index (χ0) is 13.2. The Kier molecular flexibility index (Phi) is 8.25. The van der Waals surface area contributed by atoms with Gasteiger partial charge in [-0.05, 0) is 37.6 Å². The van der Waals surface area contributed by atoms with Gasteiger partial charge in [-0.25, -0.2) is 0 Å². The Balaban J connectivity index is 2.12. The summed E-state index contributed by atoms with van der Waals surface area (Å²) in [4.78, 5) is 0. The first kappa shape index (κ1) is 15.6. The van der Waals surface area contributed by atoms with Crippen LogP contribution in [-0.2, 0) is 9.47 Å². The summed E-state index contributed by atoms with van der Waals surface area (Å²) in [7, 11) is 1.69. The molecule has 0 amide bonds. The molecule has 0 spiro atoms. The van der Waals surface area contributed by atoms with Crippen molar-refractivity contribution in [1.82, 2.24) is 5.32 Å². The van der Waals surface area contributed by atoms with Crippen molar-refractivity contribution >= 4 is 15.9 Å². The highest BCUT2D eigenvalue weighted by atomic mass is 79.9. The Bertz CT molecular complexity index is 333. The molecule has 0 saturated carbocycles. The summed E-state index contributed by atoms with van der Waals surface area (Å²) < 4.78 is 11.4. The zero-order valence-corrected chi connectivity index (χ0v) is 12.7. The van der Waals surface area contributed by atoms with Crippen LogP contribution in [0.25, 0.3) is 0 Å². The molecular weight excluding hydrogens is 294 g/mol. The van der Waals surface area contributed by atoms with Crippen LogP contribution in [-0.4, -0.2) is 33.5 Å². The van der Waals surface area contributed by atoms with E-state index in [0.717, 1.165) is 24.0 Å². The van der Waals surface area contributed by atoms with Gasteiger partial charge in [0.15, 0.2) is 0 Å². The summed E-state index contributed by atoms with van der Waals surface area (Å²) >= 11 is 3.49. The van der Waals surface area contributed by atoms with Crippen LogP contribution in [0.5, 0.6) is 0 Å². The second kappa shape index (κ2) is 9.50. The quantitative estimate of drug-likeness (QED) is 0.710. The third kappa shape index (κ3) is 6.50. The van der Waals surface area contributed by atoms with E-state index in [1.807, 2.05) is 6.07 Å². The van der Waals surface area contributed by atoms with E-state index in [0.29, 0.717) is 19.3 Å². The van der Waals surface area contributed by atoms with Gasteiger partial charge in [-0.2, -0.15) is 0 Å². The minimum Gasteiger partial charge on any atom is -0.382 e. The molecule has 1 aromatic rings. The highest BCUT2D eigenvalue weighted by Crippen LogP contribution is 2.17. The second-order valence-electron chi connectivity index (χ2n) is 4.19. The Hall–Kier alpha value is -0.420. The molecule has 0 saturated heterocycles. The first-order chi connectivity index (χ1) is 8.74. The summed E-state index contributed by atoms with van der Waals surface area (Å²) in [5.41, 5.74) is 1.30. The minimum absolute atomic E-state index is 0.362. The van der Waals surface area contributed by atoms with Gasteiger partial charge in [-0.15, -0.1) is 0 Å². The molecule has 1 unspecified atom stereocenters. The van der Waals surface area contributed by atoms with Crippen molar-refractivity contribution < 1.29 is 9.47 Å². The largest absolute Gasteiger partial charge is 0.382 e. The van der Waals surface area contributed by atoms with Crippen LogP contribution in [0.4, 0.5) is 0 Å².